The number of carbonyl (C=O) groups excluding carboxylic acids is 3. The van der Waals surface area contributed by atoms with Crippen molar-refractivity contribution in [1.82, 2.24) is 9.88 Å². The molecule has 3 amide bonds. The lowest BCUT2D eigenvalue weighted by Gasteiger charge is -2.14. The van der Waals surface area contributed by atoms with Crippen LogP contribution < -0.4 is 5.32 Å². The Kier molecular flexibility index (Phi) is 5.76. The molecule has 2 unspecified atom stereocenters. The molecular weight excluding hydrogens is 405 g/mol. The van der Waals surface area contributed by atoms with Gasteiger partial charge in [0.25, 0.3) is 0 Å². The summed E-state index contributed by atoms with van der Waals surface area (Å²) in [5.74, 6) is -1.46. The van der Waals surface area contributed by atoms with Crippen LogP contribution in [-0.2, 0) is 20.8 Å². The number of rotatable bonds is 6. The Morgan fingerprint density at radius 2 is 1.93 bits per heavy atom. The Labute approximate surface area is 177 Å². The van der Waals surface area contributed by atoms with Crippen molar-refractivity contribution in [3.63, 3.8) is 0 Å². The highest BCUT2D eigenvalue weighted by Gasteiger charge is 2.46. The van der Waals surface area contributed by atoms with Crippen molar-refractivity contribution in [1.29, 1.82) is 0 Å². The summed E-state index contributed by atoms with van der Waals surface area (Å²) in [6.45, 7) is 1.80. The van der Waals surface area contributed by atoms with Crippen molar-refractivity contribution >= 4 is 34.2 Å². The molecule has 2 heterocycles. The average Bonchev–Trinajstić information content (AvgIpc) is 3.26. The quantitative estimate of drug-likeness (QED) is 0.566. The number of thiazole rings is 1. The minimum absolute atomic E-state index is 0.0302. The first-order valence-electron chi connectivity index (χ1n) is 9.92. The fraction of sp³-hybridized carbons (Fsp3) is 0.364. The van der Waals surface area contributed by atoms with Gasteiger partial charge in [-0.25, -0.2) is 9.37 Å². The molecule has 1 aromatic heterocycles. The Hall–Kier alpha value is -2.87. The first kappa shape index (κ1) is 20.4. The molecule has 156 valence electrons. The van der Waals surface area contributed by atoms with Gasteiger partial charge in [0.2, 0.25) is 17.7 Å². The van der Waals surface area contributed by atoms with E-state index in [2.05, 4.69) is 10.3 Å². The zero-order valence-electron chi connectivity index (χ0n) is 16.6. The highest BCUT2D eigenvalue weighted by Crippen LogP contribution is 2.35. The van der Waals surface area contributed by atoms with Crippen molar-refractivity contribution in [2.75, 3.05) is 11.9 Å². The normalized spacial score (nSPS) is 20.5. The van der Waals surface area contributed by atoms with Gasteiger partial charge >= 0.3 is 0 Å². The molecular formula is C22H22FN3O3S. The minimum atomic E-state index is -0.300. The van der Waals surface area contributed by atoms with Crippen LogP contribution in [0.1, 0.15) is 35.3 Å². The van der Waals surface area contributed by atoms with E-state index in [-0.39, 0.29) is 48.3 Å². The molecule has 4 rings (SSSR count). The van der Waals surface area contributed by atoms with Gasteiger partial charge in [0.1, 0.15) is 5.82 Å². The Bertz CT molecular complexity index is 1010. The smallest absolute Gasteiger partial charge is 0.233 e. The fourth-order valence-corrected chi connectivity index (χ4v) is 4.74. The van der Waals surface area contributed by atoms with Crippen molar-refractivity contribution in [2.24, 2.45) is 11.8 Å². The molecule has 30 heavy (non-hydrogen) atoms. The third kappa shape index (κ3) is 4.18. The molecule has 1 fully saturated rings. The van der Waals surface area contributed by atoms with Crippen LogP contribution in [-0.4, -0.2) is 34.2 Å². The van der Waals surface area contributed by atoms with Crippen LogP contribution in [0.2, 0.25) is 0 Å². The van der Waals surface area contributed by atoms with Crippen LogP contribution in [0.3, 0.4) is 0 Å². The number of carbonyl (C=O) groups is 3. The number of imide groups is 1. The number of nitrogens with zero attached hydrogens (tertiary/aromatic N) is 2. The monoisotopic (exact) mass is 427 g/mol. The van der Waals surface area contributed by atoms with Crippen molar-refractivity contribution < 1.29 is 18.8 Å². The maximum absolute atomic E-state index is 13.7. The molecule has 2 aliphatic rings. The van der Waals surface area contributed by atoms with Crippen LogP contribution in [0, 0.1) is 24.6 Å². The molecule has 0 saturated carbocycles. The van der Waals surface area contributed by atoms with Crippen molar-refractivity contribution in [2.45, 2.75) is 32.6 Å². The standard InChI is InChI=1S/C22H22FN3O3S/c1-13-6-7-14(11-18(13)23)10-15-12-24-22(30-15)25-19(27)8-9-26-20(28)16-4-2-3-5-17(16)21(26)29/h2-3,6-7,11-12,16-17H,4-5,8-10H2,1H3,(H,24,25,27). The summed E-state index contributed by atoms with van der Waals surface area (Å²) in [5.41, 5.74) is 1.43. The molecule has 1 saturated heterocycles. The van der Waals surface area contributed by atoms with Crippen molar-refractivity contribution in [3.05, 3.63) is 58.4 Å². The van der Waals surface area contributed by atoms with Crippen LogP contribution in [0.5, 0.6) is 0 Å². The average molecular weight is 428 g/mol. The Morgan fingerprint density at radius 1 is 1.23 bits per heavy atom. The second-order valence-corrected chi connectivity index (χ2v) is 8.79. The van der Waals surface area contributed by atoms with E-state index in [1.54, 1.807) is 19.2 Å². The molecule has 6 nitrogen and oxygen atoms in total. The number of aryl methyl sites for hydroxylation is 1. The number of aromatic nitrogens is 1. The Balaban J connectivity index is 1.30. The zero-order valence-corrected chi connectivity index (χ0v) is 17.4. The highest BCUT2D eigenvalue weighted by atomic mass is 32.1. The largest absolute Gasteiger partial charge is 0.302 e. The number of hydrogen-bond acceptors (Lipinski definition) is 5. The topological polar surface area (TPSA) is 79.4 Å². The number of hydrogen-bond donors (Lipinski definition) is 1. The third-order valence-electron chi connectivity index (χ3n) is 5.58. The maximum Gasteiger partial charge on any atom is 0.233 e. The van der Waals surface area contributed by atoms with Gasteiger partial charge in [0, 0.05) is 30.5 Å². The number of anilines is 1. The van der Waals surface area contributed by atoms with E-state index in [0.717, 1.165) is 10.4 Å². The van der Waals surface area contributed by atoms with E-state index in [1.165, 1.54) is 22.3 Å². The molecule has 1 N–H and O–H groups in total. The number of allylic oxidation sites excluding steroid dienone is 2. The van der Waals surface area contributed by atoms with Crippen LogP contribution in [0.25, 0.3) is 0 Å². The fourth-order valence-electron chi connectivity index (χ4n) is 3.88. The van der Waals surface area contributed by atoms with Crippen molar-refractivity contribution in [3.8, 4) is 0 Å². The molecule has 1 aromatic carbocycles. The van der Waals surface area contributed by atoms with Gasteiger partial charge in [-0.05, 0) is 37.0 Å². The van der Waals surface area contributed by atoms with Crippen LogP contribution in [0.4, 0.5) is 9.52 Å². The molecule has 0 radical (unpaired) electrons. The highest BCUT2D eigenvalue weighted by molar-refractivity contribution is 7.15. The van der Waals surface area contributed by atoms with Crippen LogP contribution >= 0.6 is 11.3 Å². The summed E-state index contributed by atoms with van der Waals surface area (Å²) in [6, 6.07) is 5.11. The minimum Gasteiger partial charge on any atom is -0.302 e. The predicted octanol–water partition coefficient (Wildman–Crippen LogP) is 3.46. The van der Waals surface area contributed by atoms with E-state index in [9.17, 15) is 18.8 Å². The molecule has 2 atom stereocenters. The molecule has 1 aliphatic heterocycles. The number of halogens is 1. The zero-order chi connectivity index (χ0) is 21.3. The molecule has 1 aliphatic carbocycles. The number of fused-ring (bicyclic) bond motifs is 1. The summed E-state index contributed by atoms with van der Waals surface area (Å²) in [5, 5.41) is 3.16. The van der Waals surface area contributed by atoms with E-state index in [0.29, 0.717) is 30.0 Å². The summed E-state index contributed by atoms with van der Waals surface area (Å²) < 4.78 is 13.7. The summed E-state index contributed by atoms with van der Waals surface area (Å²) in [7, 11) is 0. The van der Waals surface area contributed by atoms with Gasteiger partial charge < -0.3 is 5.32 Å². The summed E-state index contributed by atoms with van der Waals surface area (Å²) in [6.07, 6.45) is 7.26. The van der Waals surface area contributed by atoms with Gasteiger partial charge in [-0.1, -0.05) is 24.3 Å². The number of amides is 3. The number of nitrogens with one attached hydrogen (secondary N) is 1. The number of benzene rings is 1. The lowest BCUT2D eigenvalue weighted by Crippen LogP contribution is -2.34. The summed E-state index contributed by atoms with van der Waals surface area (Å²) in [4.78, 5) is 43.5. The second-order valence-electron chi connectivity index (χ2n) is 7.67. The van der Waals surface area contributed by atoms with E-state index in [4.69, 9.17) is 0 Å². The van der Waals surface area contributed by atoms with E-state index in [1.807, 2.05) is 18.2 Å². The SMILES string of the molecule is Cc1ccc(Cc2cnc(NC(=O)CCN3C(=O)C4CC=CCC4C3=O)s2)cc1F. The lowest BCUT2D eigenvalue weighted by atomic mass is 9.85. The summed E-state index contributed by atoms with van der Waals surface area (Å²) >= 11 is 1.32. The Morgan fingerprint density at radius 3 is 2.60 bits per heavy atom. The first-order chi connectivity index (χ1) is 14.4. The van der Waals surface area contributed by atoms with Gasteiger partial charge in [0.15, 0.2) is 5.13 Å². The molecule has 0 spiro atoms. The van der Waals surface area contributed by atoms with Gasteiger partial charge in [0.05, 0.1) is 11.8 Å². The third-order valence-corrected chi connectivity index (χ3v) is 6.49. The molecule has 8 heteroatoms. The van der Waals surface area contributed by atoms with Gasteiger partial charge in [-0.2, -0.15) is 0 Å². The van der Waals surface area contributed by atoms with E-state index < -0.39 is 0 Å². The number of likely N-dealkylation sites (tertiary alicyclic amines) is 1. The maximum atomic E-state index is 13.7. The molecule has 0 bridgehead atoms. The van der Waals surface area contributed by atoms with Gasteiger partial charge in [-0.3, -0.25) is 19.3 Å². The molecule has 2 aromatic rings. The predicted molar refractivity (Wildman–Crippen MR) is 111 cm³/mol. The van der Waals surface area contributed by atoms with Gasteiger partial charge in [-0.15, -0.1) is 11.3 Å². The van der Waals surface area contributed by atoms with E-state index >= 15 is 0 Å². The second kappa shape index (κ2) is 8.47. The lowest BCUT2D eigenvalue weighted by molar-refractivity contribution is -0.140. The first-order valence-corrected chi connectivity index (χ1v) is 10.7. The van der Waals surface area contributed by atoms with Crippen LogP contribution in [0.15, 0.2) is 36.5 Å².